The number of aryl methyl sites for hydroxylation is 1. The van der Waals surface area contributed by atoms with Crippen LogP contribution in [0.15, 0.2) is 24.3 Å². The van der Waals surface area contributed by atoms with Crippen LogP contribution < -0.4 is 4.74 Å². The third-order valence-corrected chi connectivity index (χ3v) is 3.06. The SMILES string of the molecule is CCC1(Oc2cccc(C)c2)OCC(C)(C)CO1. The highest BCUT2D eigenvalue weighted by molar-refractivity contribution is 5.27. The van der Waals surface area contributed by atoms with Crippen molar-refractivity contribution in [1.29, 1.82) is 0 Å². The molecule has 1 aliphatic heterocycles. The fourth-order valence-electron chi connectivity index (χ4n) is 1.89. The minimum absolute atomic E-state index is 0.0502. The van der Waals surface area contributed by atoms with Crippen molar-refractivity contribution in [3.63, 3.8) is 0 Å². The Bertz CT molecular complexity index is 402. The maximum absolute atomic E-state index is 5.92. The van der Waals surface area contributed by atoms with Crippen LogP contribution in [0.5, 0.6) is 5.75 Å². The molecule has 100 valence electrons. The van der Waals surface area contributed by atoms with Crippen molar-refractivity contribution in [1.82, 2.24) is 0 Å². The lowest BCUT2D eigenvalue weighted by molar-refractivity contribution is -0.386. The standard InChI is InChI=1S/C15H22O3/c1-5-15(16-10-14(3,4)11-17-15)18-13-8-6-7-12(2)9-13/h6-9H,5,10-11H2,1-4H3. The minimum Gasteiger partial charge on any atom is -0.439 e. The first-order valence-corrected chi connectivity index (χ1v) is 6.48. The molecule has 0 unspecified atom stereocenters. The normalized spacial score (nSPS) is 21.6. The third-order valence-electron chi connectivity index (χ3n) is 3.06. The molecule has 1 aromatic rings. The molecule has 1 aliphatic rings. The first kappa shape index (κ1) is 13.4. The molecular weight excluding hydrogens is 228 g/mol. The van der Waals surface area contributed by atoms with E-state index in [1.54, 1.807) is 0 Å². The van der Waals surface area contributed by atoms with E-state index in [1.165, 1.54) is 0 Å². The van der Waals surface area contributed by atoms with E-state index in [4.69, 9.17) is 14.2 Å². The monoisotopic (exact) mass is 250 g/mol. The van der Waals surface area contributed by atoms with Crippen LogP contribution in [-0.4, -0.2) is 19.2 Å². The van der Waals surface area contributed by atoms with E-state index in [0.29, 0.717) is 19.6 Å². The summed E-state index contributed by atoms with van der Waals surface area (Å²) in [5, 5.41) is 0. The maximum atomic E-state index is 5.92. The Hall–Kier alpha value is -1.06. The van der Waals surface area contributed by atoms with Gasteiger partial charge in [-0.05, 0) is 24.6 Å². The second-order valence-electron chi connectivity index (χ2n) is 5.70. The van der Waals surface area contributed by atoms with E-state index in [9.17, 15) is 0 Å². The molecule has 0 radical (unpaired) electrons. The van der Waals surface area contributed by atoms with Gasteiger partial charge in [-0.3, -0.25) is 0 Å². The van der Waals surface area contributed by atoms with Gasteiger partial charge >= 0.3 is 5.97 Å². The van der Waals surface area contributed by atoms with Gasteiger partial charge < -0.3 is 14.2 Å². The summed E-state index contributed by atoms with van der Waals surface area (Å²) in [7, 11) is 0. The summed E-state index contributed by atoms with van der Waals surface area (Å²) in [4.78, 5) is 0. The van der Waals surface area contributed by atoms with E-state index in [2.05, 4.69) is 13.8 Å². The predicted octanol–water partition coefficient (Wildman–Crippen LogP) is 3.51. The second kappa shape index (κ2) is 4.90. The lowest BCUT2D eigenvalue weighted by atomic mass is 9.95. The molecule has 0 aromatic heterocycles. The molecule has 1 fully saturated rings. The zero-order chi connectivity index (χ0) is 13.2. The van der Waals surface area contributed by atoms with Crippen molar-refractivity contribution in [2.45, 2.75) is 40.1 Å². The fourth-order valence-corrected chi connectivity index (χ4v) is 1.89. The van der Waals surface area contributed by atoms with Crippen LogP contribution in [0.4, 0.5) is 0 Å². The third kappa shape index (κ3) is 3.03. The van der Waals surface area contributed by atoms with Crippen LogP contribution in [0.2, 0.25) is 0 Å². The summed E-state index contributed by atoms with van der Waals surface area (Å²) in [5.41, 5.74) is 1.21. The van der Waals surface area contributed by atoms with Gasteiger partial charge in [0.25, 0.3) is 0 Å². The van der Waals surface area contributed by atoms with Gasteiger partial charge in [0.05, 0.1) is 13.2 Å². The van der Waals surface area contributed by atoms with Gasteiger partial charge in [0.1, 0.15) is 5.75 Å². The highest BCUT2D eigenvalue weighted by atomic mass is 16.9. The Morgan fingerprint density at radius 3 is 2.44 bits per heavy atom. The molecule has 3 nitrogen and oxygen atoms in total. The summed E-state index contributed by atoms with van der Waals surface area (Å²) in [5.74, 6) is -0.139. The smallest absolute Gasteiger partial charge is 0.326 e. The molecule has 0 saturated carbocycles. The Morgan fingerprint density at radius 1 is 1.22 bits per heavy atom. The Morgan fingerprint density at radius 2 is 1.89 bits per heavy atom. The van der Waals surface area contributed by atoms with Gasteiger partial charge in [-0.25, -0.2) is 0 Å². The fraction of sp³-hybridized carbons (Fsp3) is 0.600. The van der Waals surface area contributed by atoms with E-state index < -0.39 is 5.97 Å². The number of hydrogen-bond acceptors (Lipinski definition) is 3. The number of benzene rings is 1. The largest absolute Gasteiger partial charge is 0.439 e. The topological polar surface area (TPSA) is 27.7 Å². The molecule has 0 spiro atoms. The van der Waals surface area contributed by atoms with E-state index in [0.717, 1.165) is 11.3 Å². The molecule has 18 heavy (non-hydrogen) atoms. The van der Waals surface area contributed by atoms with Crippen molar-refractivity contribution in [3.05, 3.63) is 29.8 Å². The van der Waals surface area contributed by atoms with Crippen LogP contribution in [0.1, 0.15) is 32.8 Å². The van der Waals surface area contributed by atoms with Gasteiger partial charge in [0, 0.05) is 11.8 Å². The minimum atomic E-state index is -0.927. The molecule has 0 atom stereocenters. The molecule has 1 saturated heterocycles. The van der Waals surface area contributed by atoms with Gasteiger partial charge in [-0.1, -0.05) is 32.9 Å². The molecule has 3 heteroatoms. The van der Waals surface area contributed by atoms with Crippen molar-refractivity contribution in [3.8, 4) is 5.75 Å². The van der Waals surface area contributed by atoms with Crippen molar-refractivity contribution in [2.75, 3.05) is 13.2 Å². The first-order valence-electron chi connectivity index (χ1n) is 6.48. The highest BCUT2D eigenvalue weighted by Crippen LogP contribution is 2.33. The number of hydrogen-bond donors (Lipinski definition) is 0. The van der Waals surface area contributed by atoms with Gasteiger partial charge in [0.15, 0.2) is 0 Å². The molecular formula is C15H22O3. The van der Waals surface area contributed by atoms with Gasteiger partial charge in [-0.15, -0.1) is 0 Å². The van der Waals surface area contributed by atoms with Crippen LogP contribution >= 0.6 is 0 Å². The van der Waals surface area contributed by atoms with Gasteiger partial charge in [-0.2, -0.15) is 0 Å². The summed E-state index contributed by atoms with van der Waals surface area (Å²) < 4.78 is 17.6. The lowest BCUT2D eigenvalue weighted by Gasteiger charge is -2.42. The molecule has 0 N–H and O–H groups in total. The van der Waals surface area contributed by atoms with Crippen molar-refractivity contribution < 1.29 is 14.2 Å². The average molecular weight is 250 g/mol. The summed E-state index contributed by atoms with van der Waals surface area (Å²) in [6.45, 7) is 9.59. The van der Waals surface area contributed by atoms with Crippen LogP contribution in [0.25, 0.3) is 0 Å². The maximum Gasteiger partial charge on any atom is 0.326 e. The van der Waals surface area contributed by atoms with Crippen LogP contribution in [-0.2, 0) is 9.47 Å². The zero-order valence-corrected chi connectivity index (χ0v) is 11.7. The van der Waals surface area contributed by atoms with E-state index >= 15 is 0 Å². The quantitative estimate of drug-likeness (QED) is 0.821. The highest BCUT2D eigenvalue weighted by Gasteiger charge is 2.41. The summed E-state index contributed by atoms with van der Waals surface area (Å²) >= 11 is 0. The molecule has 0 bridgehead atoms. The predicted molar refractivity (Wildman–Crippen MR) is 70.5 cm³/mol. The van der Waals surface area contributed by atoms with Crippen molar-refractivity contribution in [2.24, 2.45) is 5.41 Å². The molecule has 1 aromatic carbocycles. The first-order chi connectivity index (χ1) is 8.45. The van der Waals surface area contributed by atoms with E-state index in [-0.39, 0.29) is 5.41 Å². The van der Waals surface area contributed by atoms with Crippen molar-refractivity contribution >= 4 is 0 Å². The summed E-state index contributed by atoms with van der Waals surface area (Å²) in [6, 6.07) is 7.93. The zero-order valence-electron chi connectivity index (χ0n) is 11.7. The lowest BCUT2D eigenvalue weighted by Crippen LogP contribution is -2.51. The molecule has 0 aliphatic carbocycles. The molecule has 0 amide bonds. The van der Waals surface area contributed by atoms with Gasteiger partial charge in [0.2, 0.25) is 0 Å². The second-order valence-corrected chi connectivity index (χ2v) is 5.70. The van der Waals surface area contributed by atoms with Crippen LogP contribution in [0.3, 0.4) is 0 Å². The number of rotatable bonds is 3. The van der Waals surface area contributed by atoms with E-state index in [1.807, 2.05) is 38.1 Å². The number of ether oxygens (including phenoxy) is 3. The Balaban J connectivity index is 2.10. The summed E-state index contributed by atoms with van der Waals surface area (Å²) in [6.07, 6.45) is 0.664. The Kier molecular flexibility index (Phi) is 3.64. The average Bonchev–Trinajstić information content (AvgIpc) is 2.33. The molecule has 1 heterocycles. The Labute approximate surface area is 109 Å². The van der Waals surface area contributed by atoms with Crippen LogP contribution in [0, 0.1) is 12.3 Å². The molecule has 2 rings (SSSR count).